The van der Waals surface area contributed by atoms with E-state index in [9.17, 15) is 0 Å². The van der Waals surface area contributed by atoms with Crippen LogP contribution in [0.2, 0.25) is 0 Å². The van der Waals surface area contributed by atoms with E-state index in [1.54, 1.807) is 18.2 Å². The van der Waals surface area contributed by atoms with Crippen LogP contribution in [0.15, 0.2) is 18.2 Å². The Bertz CT molecular complexity index is 343. The summed E-state index contributed by atoms with van der Waals surface area (Å²) in [6.45, 7) is -0.134. The van der Waals surface area contributed by atoms with Crippen molar-refractivity contribution in [3.8, 4) is 6.07 Å². The zero-order chi connectivity index (χ0) is 9.84. The van der Waals surface area contributed by atoms with Crippen molar-refractivity contribution in [3.63, 3.8) is 0 Å². The van der Waals surface area contributed by atoms with E-state index in [4.69, 9.17) is 21.8 Å². The van der Waals surface area contributed by atoms with E-state index in [0.29, 0.717) is 11.3 Å². The highest BCUT2D eigenvalue weighted by molar-refractivity contribution is 5.55. The summed E-state index contributed by atoms with van der Waals surface area (Å²) in [5.74, 6) is 0. The predicted octanol–water partition coefficient (Wildman–Crippen LogP) is 0.133. The highest BCUT2D eigenvalue weighted by Crippen LogP contribution is 2.17. The monoisotopic (exact) mass is 177 g/mol. The Morgan fingerprint density at radius 2 is 2.23 bits per heavy atom. The van der Waals surface area contributed by atoms with Gasteiger partial charge in [0, 0.05) is 5.69 Å². The lowest BCUT2D eigenvalue weighted by atomic mass is 10.0. The molecule has 0 heterocycles. The van der Waals surface area contributed by atoms with Crippen molar-refractivity contribution in [3.05, 3.63) is 29.3 Å². The van der Waals surface area contributed by atoms with Gasteiger partial charge in [0.25, 0.3) is 0 Å². The summed E-state index contributed by atoms with van der Waals surface area (Å²) in [4.78, 5) is 0. The number of benzene rings is 1. The van der Waals surface area contributed by atoms with E-state index >= 15 is 0 Å². The number of nitrogens with zero attached hydrogens (tertiary/aromatic N) is 1. The number of hydrogen-bond acceptors (Lipinski definition) is 4. The second-order valence-corrected chi connectivity index (χ2v) is 2.75. The van der Waals surface area contributed by atoms with Gasteiger partial charge in [-0.25, -0.2) is 0 Å². The molecule has 1 atom stereocenters. The third-order valence-electron chi connectivity index (χ3n) is 1.82. The summed E-state index contributed by atoms with van der Waals surface area (Å²) in [5.41, 5.74) is 12.7. The first-order chi connectivity index (χ1) is 6.19. The summed E-state index contributed by atoms with van der Waals surface area (Å²) in [7, 11) is 0. The van der Waals surface area contributed by atoms with E-state index in [0.717, 1.165) is 5.56 Å². The average molecular weight is 177 g/mol. The molecule has 0 radical (unpaired) electrons. The molecule has 13 heavy (non-hydrogen) atoms. The van der Waals surface area contributed by atoms with Gasteiger partial charge in [0.2, 0.25) is 0 Å². The average Bonchev–Trinajstić information content (AvgIpc) is 2.16. The van der Waals surface area contributed by atoms with Crippen LogP contribution in [0.4, 0.5) is 5.69 Å². The molecule has 1 rings (SSSR count). The smallest absolute Gasteiger partial charge is 0.101 e. The molecule has 1 aromatic carbocycles. The first kappa shape index (κ1) is 9.52. The number of rotatable bonds is 2. The Morgan fingerprint density at radius 1 is 1.54 bits per heavy atom. The third kappa shape index (κ3) is 1.96. The number of anilines is 1. The number of hydrogen-bond donors (Lipinski definition) is 3. The quantitative estimate of drug-likeness (QED) is 0.559. The molecular formula is C9H11N3O. The van der Waals surface area contributed by atoms with Crippen molar-refractivity contribution in [1.29, 1.82) is 5.26 Å². The van der Waals surface area contributed by atoms with Crippen molar-refractivity contribution in [2.75, 3.05) is 12.3 Å². The minimum absolute atomic E-state index is 0.134. The Labute approximate surface area is 76.4 Å². The number of aliphatic hydroxyl groups is 1. The van der Waals surface area contributed by atoms with Gasteiger partial charge in [-0.2, -0.15) is 5.26 Å². The van der Waals surface area contributed by atoms with Gasteiger partial charge in [0.05, 0.1) is 18.2 Å². The summed E-state index contributed by atoms with van der Waals surface area (Å²) in [5, 5.41) is 17.4. The first-order valence-corrected chi connectivity index (χ1v) is 3.85. The van der Waals surface area contributed by atoms with E-state index in [2.05, 4.69) is 0 Å². The molecule has 0 aromatic heterocycles. The van der Waals surface area contributed by atoms with Crippen LogP contribution in [-0.2, 0) is 0 Å². The molecule has 0 amide bonds. The van der Waals surface area contributed by atoms with Crippen LogP contribution in [0.1, 0.15) is 17.2 Å². The second-order valence-electron chi connectivity index (χ2n) is 2.75. The van der Waals surface area contributed by atoms with Gasteiger partial charge in [-0.1, -0.05) is 6.07 Å². The van der Waals surface area contributed by atoms with Crippen molar-refractivity contribution in [2.45, 2.75) is 6.04 Å². The highest BCUT2D eigenvalue weighted by Gasteiger charge is 2.06. The predicted molar refractivity (Wildman–Crippen MR) is 49.6 cm³/mol. The zero-order valence-electron chi connectivity index (χ0n) is 7.07. The van der Waals surface area contributed by atoms with Crippen LogP contribution in [0.3, 0.4) is 0 Å². The van der Waals surface area contributed by atoms with Crippen molar-refractivity contribution < 1.29 is 5.11 Å². The lowest BCUT2D eigenvalue weighted by Crippen LogP contribution is -2.14. The summed E-state index contributed by atoms with van der Waals surface area (Å²) < 4.78 is 0. The topological polar surface area (TPSA) is 96.1 Å². The molecule has 4 heteroatoms. The van der Waals surface area contributed by atoms with Crippen molar-refractivity contribution >= 4 is 5.69 Å². The fraction of sp³-hybridized carbons (Fsp3) is 0.222. The second kappa shape index (κ2) is 3.90. The molecule has 0 saturated carbocycles. The molecule has 5 N–H and O–H groups in total. The van der Waals surface area contributed by atoms with Crippen LogP contribution in [-0.4, -0.2) is 11.7 Å². The van der Waals surface area contributed by atoms with Gasteiger partial charge in [-0.05, 0) is 17.7 Å². The van der Waals surface area contributed by atoms with Crippen LogP contribution in [0.5, 0.6) is 0 Å². The van der Waals surface area contributed by atoms with Crippen LogP contribution < -0.4 is 11.5 Å². The lowest BCUT2D eigenvalue weighted by molar-refractivity contribution is 0.268. The van der Waals surface area contributed by atoms with E-state index in [1.807, 2.05) is 6.07 Å². The molecule has 0 fully saturated rings. The van der Waals surface area contributed by atoms with Gasteiger partial charge in [0.15, 0.2) is 0 Å². The third-order valence-corrected chi connectivity index (χ3v) is 1.82. The van der Waals surface area contributed by atoms with Crippen LogP contribution in [0, 0.1) is 11.3 Å². The Balaban J connectivity index is 3.04. The summed E-state index contributed by atoms with van der Waals surface area (Å²) in [6, 6.07) is 6.41. The number of nitriles is 1. The molecular weight excluding hydrogens is 166 g/mol. The minimum atomic E-state index is -0.435. The van der Waals surface area contributed by atoms with E-state index in [-0.39, 0.29) is 6.61 Å². The normalized spacial score (nSPS) is 12.1. The van der Waals surface area contributed by atoms with Crippen LogP contribution in [0.25, 0.3) is 0 Å². The SMILES string of the molecule is N#Cc1ccc([C@H](N)CO)cc1N. The first-order valence-electron chi connectivity index (χ1n) is 3.85. The standard InChI is InChI=1S/C9H11N3O/c10-4-7-2-1-6(3-8(7)11)9(12)5-13/h1-3,9,13H,5,11-12H2/t9-/m1/s1. The number of nitrogen functional groups attached to an aromatic ring is 1. The maximum Gasteiger partial charge on any atom is 0.101 e. The summed E-state index contributed by atoms with van der Waals surface area (Å²) in [6.07, 6.45) is 0. The van der Waals surface area contributed by atoms with E-state index in [1.165, 1.54) is 0 Å². The summed E-state index contributed by atoms with van der Waals surface area (Å²) >= 11 is 0. The van der Waals surface area contributed by atoms with Gasteiger partial charge in [-0.3, -0.25) is 0 Å². The van der Waals surface area contributed by atoms with Gasteiger partial charge in [0.1, 0.15) is 6.07 Å². The Kier molecular flexibility index (Phi) is 2.85. The fourth-order valence-electron chi connectivity index (χ4n) is 1.02. The minimum Gasteiger partial charge on any atom is -0.398 e. The molecule has 1 aromatic rings. The number of nitrogens with two attached hydrogens (primary N) is 2. The molecule has 0 aliphatic carbocycles. The van der Waals surface area contributed by atoms with Crippen molar-refractivity contribution in [2.24, 2.45) is 5.73 Å². The molecule has 0 aliphatic rings. The molecule has 0 unspecified atom stereocenters. The maximum absolute atomic E-state index is 8.77. The molecule has 0 saturated heterocycles. The molecule has 0 bridgehead atoms. The lowest BCUT2D eigenvalue weighted by Gasteiger charge is -2.09. The van der Waals surface area contributed by atoms with Gasteiger partial charge < -0.3 is 16.6 Å². The number of aliphatic hydroxyl groups excluding tert-OH is 1. The van der Waals surface area contributed by atoms with Gasteiger partial charge >= 0.3 is 0 Å². The van der Waals surface area contributed by atoms with Gasteiger partial charge in [-0.15, -0.1) is 0 Å². The fourth-order valence-corrected chi connectivity index (χ4v) is 1.02. The molecule has 68 valence electrons. The van der Waals surface area contributed by atoms with Crippen LogP contribution >= 0.6 is 0 Å². The Morgan fingerprint density at radius 3 is 2.69 bits per heavy atom. The zero-order valence-corrected chi connectivity index (χ0v) is 7.07. The molecule has 4 nitrogen and oxygen atoms in total. The molecule has 0 aliphatic heterocycles. The molecule has 0 spiro atoms. The largest absolute Gasteiger partial charge is 0.398 e. The Hall–Kier alpha value is -1.57. The van der Waals surface area contributed by atoms with E-state index < -0.39 is 6.04 Å². The maximum atomic E-state index is 8.77. The highest BCUT2D eigenvalue weighted by atomic mass is 16.3. The van der Waals surface area contributed by atoms with Crippen molar-refractivity contribution in [1.82, 2.24) is 0 Å².